The quantitative estimate of drug-likeness (QED) is 0.854. The summed E-state index contributed by atoms with van der Waals surface area (Å²) in [5, 5.41) is 3.12. The number of carbonyl (C=O) groups excluding carboxylic acids is 2. The number of nitrogens with zero attached hydrogens (tertiary/aromatic N) is 1. The van der Waals surface area contributed by atoms with Crippen molar-refractivity contribution in [3.05, 3.63) is 58.7 Å². The van der Waals surface area contributed by atoms with Gasteiger partial charge in [-0.1, -0.05) is 38.1 Å². The Kier molecular flexibility index (Phi) is 5.64. The molecule has 27 heavy (non-hydrogen) atoms. The molecule has 1 saturated heterocycles. The standard InChI is InChI=1S/C23H28N2O2/c1-5-17-8-7-9-18(6-2)22(17)24-23(27)19-13-21(26)25(14-19)20-11-15(3)10-16(4)12-20/h7-12,19H,5-6,13-14H2,1-4H3,(H,24,27)/t19-/m0/s1. The number of nitrogens with one attached hydrogen (secondary N) is 1. The lowest BCUT2D eigenvalue weighted by atomic mass is 10.0. The predicted molar refractivity (Wildman–Crippen MR) is 110 cm³/mol. The molecule has 0 unspecified atom stereocenters. The predicted octanol–water partition coefficient (Wildman–Crippen LogP) is 4.42. The van der Waals surface area contributed by atoms with E-state index in [1.165, 1.54) is 0 Å². The van der Waals surface area contributed by atoms with Crippen LogP contribution >= 0.6 is 0 Å². The number of benzene rings is 2. The highest BCUT2D eigenvalue weighted by molar-refractivity contribution is 6.04. The highest BCUT2D eigenvalue weighted by atomic mass is 16.2. The summed E-state index contributed by atoms with van der Waals surface area (Å²) in [6.07, 6.45) is 1.98. The minimum atomic E-state index is -0.326. The van der Waals surface area contributed by atoms with E-state index in [4.69, 9.17) is 0 Å². The summed E-state index contributed by atoms with van der Waals surface area (Å²) in [5.74, 6) is -0.376. The Hall–Kier alpha value is -2.62. The number of aryl methyl sites for hydroxylation is 4. The molecule has 1 atom stereocenters. The second-order valence-electron chi connectivity index (χ2n) is 7.40. The molecule has 0 spiro atoms. The third kappa shape index (κ3) is 4.05. The highest BCUT2D eigenvalue weighted by Gasteiger charge is 2.35. The van der Waals surface area contributed by atoms with Crippen molar-refractivity contribution < 1.29 is 9.59 Å². The lowest BCUT2D eigenvalue weighted by Gasteiger charge is -2.19. The van der Waals surface area contributed by atoms with Gasteiger partial charge in [0.1, 0.15) is 0 Å². The molecule has 1 aliphatic rings. The molecule has 4 nitrogen and oxygen atoms in total. The van der Waals surface area contributed by atoms with Gasteiger partial charge < -0.3 is 10.2 Å². The van der Waals surface area contributed by atoms with Crippen LogP contribution in [0.2, 0.25) is 0 Å². The zero-order valence-corrected chi connectivity index (χ0v) is 16.6. The highest BCUT2D eigenvalue weighted by Crippen LogP contribution is 2.29. The third-order valence-electron chi connectivity index (χ3n) is 5.26. The van der Waals surface area contributed by atoms with Gasteiger partial charge in [-0.25, -0.2) is 0 Å². The van der Waals surface area contributed by atoms with Gasteiger partial charge in [0.05, 0.1) is 5.92 Å². The van der Waals surface area contributed by atoms with Gasteiger partial charge in [0, 0.05) is 24.3 Å². The number of anilines is 2. The molecule has 0 aliphatic carbocycles. The molecule has 2 aromatic carbocycles. The minimum absolute atomic E-state index is 0.0136. The molecule has 1 aliphatic heterocycles. The summed E-state index contributed by atoms with van der Waals surface area (Å²) >= 11 is 0. The van der Waals surface area contributed by atoms with E-state index in [1.54, 1.807) is 4.90 Å². The van der Waals surface area contributed by atoms with Crippen molar-refractivity contribution in [3.63, 3.8) is 0 Å². The minimum Gasteiger partial charge on any atom is -0.325 e. The first-order chi connectivity index (χ1) is 12.9. The Bertz CT molecular complexity index is 830. The van der Waals surface area contributed by atoms with Crippen molar-refractivity contribution in [2.75, 3.05) is 16.8 Å². The largest absolute Gasteiger partial charge is 0.325 e. The van der Waals surface area contributed by atoms with Crippen LogP contribution in [-0.2, 0) is 22.4 Å². The SMILES string of the molecule is CCc1cccc(CC)c1NC(=O)[C@H]1CC(=O)N(c2cc(C)cc(C)c2)C1. The fourth-order valence-corrected chi connectivity index (χ4v) is 3.87. The van der Waals surface area contributed by atoms with Gasteiger partial charge in [0.2, 0.25) is 11.8 Å². The van der Waals surface area contributed by atoms with E-state index in [9.17, 15) is 9.59 Å². The lowest BCUT2D eigenvalue weighted by Crippen LogP contribution is -2.28. The number of carbonyl (C=O) groups is 2. The van der Waals surface area contributed by atoms with E-state index < -0.39 is 0 Å². The smallest absolute Gasteiger partial charge is 0.229 e. The number of amides is 2. The molecule has 1 fully saturated rings. The Morgan fingerprint density at radius 1 is 1.07 bits per heavy atom. The Balaban J connectivity index is 1.79. The Morgan fingerprint density at radius 3 is 2.22 bits per heavy atom. The van der Waals surface area contributed by atoms with Crippen molar-refractivity contribution in [2.24, 2.45) is 5.92 Å². The van der Waals surface area contributed by atoms with Crippen LogP contribution in [-0.4, -0.2) is 18.4 Å². The molecule has 2 aromatic rings. The summed E-state index contributed by atoms with van der Waals surface area (Å²) in [4.78, 5) is 27.2. The van der Waals surface area contributed by atoms with Crippen molar-refractivity contribution >= 4 is 23.2 Å². The van der Waals surface area contributed by atoms with Gasteiger partial charge >= 0.3 is 0 Å². The van der Waals surface area contributed by atoms with Gasteiger partial charge in [-0.3, -0.25) is 9.59 Å². The summed E-state index contributed by atoms with van der Waals surface area (Å²) < 4.78 is 0. The lowest BCUT2D eigenvalue weighted by molar-refractivity contribution is -0.122. The zero-order valence-electron chi connectivity index (χ0n) is 16.6. The van der Waals surface area contributed by atoms with E-state index in [-0.39, 0.29) is 24.2 Å². The van der Waals surface area contributed by atoms with Crippen LogP contribution in [0, 0.1) is 19.8 Å². The maximum atomic E-state index is 12.9. The van der Waals surface area contributed by atoms with Crippen LogP contribution in [0.15, 0.2) is 36.4 Å². The topological polar surface area (TPSA) is 49.4 Å². The third-order valence-corrected chi connectivity index (χ3v) is 5.26. The van der Waals surface area contributed by atoms with Gasteiger partial charge in [0.15, 0.2) is 0 Å². The Labute approximate surface area is 161 Å². The molecule has 4 heteroatoms. The first-order valence-corrected chi connectivity index (χ1v) is 9.73. The van der Waals surface area contributed by atoms with Gasteiger partial charge in [-0.05, 0) is 61.1 Å². The maximum Gasteiger partial charge on any atom is 0.229 e. The second-order valence-corrected chi connectivity index (χ2v) is 7.40. The number of hydrogen-bond donors (Lipinski definition) is 1. The van der Waals surface area contributed by atoms with Crippen LogP contribution in [0.4, 0.5) is 11.4 Å². The van der Waals surface area contributed by atoms with E-state index in [2.05, 4.69) is 37.4 Å². The molecule has 0 bridgehead atoms. The zero-order chi connectivity index (χ0) is 19.6. The molecule has 1 N–H and O–H groups in total. The van der Waals surface area contributed by atoms with E-state index in [1.807, 2.05) is 32.0 Å². The molecular formula is C23H28N2O2. The van der Waals surface area contributed by atoms with Crippen molar-refractivity contribution in [1.82, 2.24) is 0 Å². The van der Waals surface area contributed by atoms with Crippen molar-refractivity contribution in [1.29, 1.82) is 0 Å². The molecule has 0 saturated carbocycles. The van der Waals surface area contributed by atoms with Crippen LogP contribution in [0.5, 0.6) is 0 Å². The molecule has 3 rings (SSSR count). The normalized spacial score (nSPS) is 16.7. The summed E-state index contributed by atoms with van der Waals surface area (Å²) in [6, 6.07) is 12.2. The summed E-state index contributed by atoms with van der Waals surface area (Å²) in [5.41, 5.74) is 6.32. The second kappa shape index (κ2) is 7.95. The average Bonchev–Trinajstić information content (AvgIpc) is 3.03. The molecule has 0 aromatic heterocycles. The van der Waals surface area contributed by atoms with Crippen LogP contribution in [0.25, 0.3) is 0 Å². The van der Waals surface area contributed by atoms with E-state index in [0.717, 1.165) is 46.5 Å². The van der Waals surface area contributed by atoms with Crippen LogP contribution in [0.3, 0.4) is 0 Å². The monoisotopic (exact) mass is 364 g/mol. The Morgan fingerprint density at radius 2 is 1.67 bits per heavy atom. The number of rotatable bonds is 5. The van der Waals surface area contributed by atoms with Crippen LogP contribution < -0.4 is 10.2 Å². The molecule has 0 radical (unpaired) electrons. The van der Waals surface area contributed by atoms with E-state index >= 15 is 0 Å². The molecule has 1 heterocycles. The van der Waals surface area contributed by atoms with Gasteiger partial charge in [-0.2, -0.15) is 0 Å². The molecule has 142 valence electrons. The maximum absolute atomic E-state index is 12.9. The van der Waals surface area contributed by atoms with Gasteiger partial charge in [-0.15, -0.1) is 0 Å². The molecular weight excluding hydrogens is 336 g/mol. The van der Waals surface area contributed by atoms with Crippen LogP contribution in [0.1, 0.15) is 42.5 Å². The average molecular weight is 364 g/mol. The summed E-state index contributed by atoms with van der Waals surface area (Å²) in [6.45, 7) is 8.66. The first-order valence-electron chi connectivity index (χ1n) is 9.73. The van der Waals surface area contributed by atoms with Crippen molar-refractivity contribution in [3.8, 4) is 0 Å². The molecule has 2 amide bonds. The number of hydrogen-bond acceptors (Lipinski definition) is 2. The summed E-state index contributed by atoms with van der Waals surface area (Å²) in [7, 11) is 0. The van der Waals surface area contributed by atoms with E-state index in [0.29, 0.717) is 6.54 Å². The van der Waals surface area contributed by atoms with Crippen molar-refractivity contribution in [2.45, 2.75) is 47.0 Å². The fraction of sp³-hybridized carbons (Fsp3) is 0.391. The van der Waals surface area contributed by atoms with Gasteiger partial charge in [0.25, 0.3) is 0 Å². The first kappa shape index (κ1) is 19.2. The number of para-hydroxylation sites is 1. The fourth-order valence-electron chi connectivity index (χ4n) is 3.87.